The fourth-order valence-corrected chi connectivity index (χ4v) is 3.00. The minimum atomic E-state index is -0.530. The molecule has 2 aromatic rings. The summed E-state index contributed by atoms with van der Waals surface area (Å²) in [5, 5.41) is 11.4. The van der Waals surface area contributed by atoms with Crippen LogP contribution in [0.5, 0.6) is 0 Å². The molecule has 1 aliphatic carbocycles. The summed E-state index contributed by atoms with van der Waals surface area (Å²) < 4.78 is 4.97. The van der Waals surface area contributed by atoms with Crippen LogP contribution in [0.2, 0.25) is 0 Å². The van der Waals surface area contributed by atoms with E-state index in [0.29, 0.717) is 29.5 Å². The number of nitro groups is 1. The van der Waals surface area contributed by atoms with Crippen molar-refractivity contribution in [2.45, 2.75) is 19.8 Å². The molecule has 0 bridgehead atoms. The Labute approximate surface area is 138 Å². The first kappa shape index (κ1) is 15.9. The van der Waals surface area contributed by atoms with Crippen molar-refractivity contribution in [3.05, 3.63) is 63.2 Å². The van der Waals surface area contributed by atoms with E-state index in [-0.39, 0.29) is 23.6 Å². The fraction of sp³-hybridized carbons (Fsp3) is 0.222. The molecule has 0 amide bonds. The van der Waals surface area contributed by atoms with Gasteiger partial charge >= 0.3 is 5.97 Å². The first-order valence-electron chi connectivity index (χ1n) is 7.64. The summed E-state index contributed by atoms with van der Waals surface area (Å²) in [7, 11) is 0. The number of ketones is 1. The third kappa shape index (κ3) is 2.67. The molecular formula is C18H15NO5. The lowest BCUT2D eigenvalue weighted by Crippen LogP contribution is -2.06. The maximum absolute atomic E-state index is 11.9. The zero-order valence-electron chi connectivity index (χ0n) is 13.1. The van der Waals surface area contributed by atoms with Gasteiger partial charge in [-0.1, -0.05) is 18.2 Å². The number of nitrogens with zero attached hydrogens (tertiary/aromatic N) is 1. The van der Waals surface area contributed by atoms with E-state index in [9.17, 15) is 19.7 Å². The molecule has 0 spiro atoms. The standard InChI is InChI=1S/C18H15NO5/c1-2-24-18(21)11-6-8-16(19(22)23)15(10-11)12-4-3-5-14-13(12)7-9-17(14)20/h3-6,8,10H,2,7,9H2,1H3. The van der Waals surface area contributed by atoms with Crippen molar-refractivity contribution in [2.75, 3.05) is 6.61 Å². The quantitative estimate of drug-likeness (QED) is 0.487. The van der Waals surface area contributed by atoms with Crippen LogP contribution in [0.25, 0.3) is 11.1 Å². The Kier molecular flexibility index (Phi) is 4.12. The van der Waals surface area contributed by atoms with Gasteiger partial charge in [-0.2, -0.15) is 0 Å². The molecule has 24 heavy (non-hydrogen) atoms. The molecule has 0 unspecified atom stereocenters. The van der Waals surface area contributed by atoms with Crippen LogP contribution in [0.4, 0.5) is 5.69 Å². The van der Waals surface area contributed by atoms with Gasteiger partial charge in [-0.15, -0.1) is 0 Å². The first-order valence-corrected chi connectivity index (χ1v) is 7.64. The van der Waals surface area contributed by atoms with Gasteiger partial charge in [-0.3, -0.25) is 14.9 Å². The second-order valence-electron chi connectivity index (χ2n) is 5.46. The molecule has 0 saturated carbocycles. The van der Waals surface area contributed by atoms with Crippen LogP contribution in [-0.2, 0) is 11.2 Å². The van der Waals surface area contributed by atoms with Gasteiger partial charge in [0.15, 0.2) is 5.78 Å². The van der Waals surface area contributed by atoms with E-state index >= 15 is 0 Å². The third-order valence-electron chi connectivity index (χ3n) is 4.07. The number of carbonyl (C=O) groups is 2. The van der Waals surface area contributed by atoms with Gasteiger partial charge in [-0.05, 0) is 36.6 Å². The number of rotatable bonds is 4. The van der Waals surface area contributed by atoms with Gasteiger partial charge in [0, 0.05) is 18.1 Å². The molecule has 122 valence electrons. The molecule has 0 atom stereocenters. The van der Waals surface area contributed by atoms with Crippen molar-refractivity contribution in [3.8, 4) is 11.1 Å². The number of Topliss-reactive ketones (excluding diaryl/α,β-unsaturated/α-hetero) is 1. The normalized spacial score (nSPS) is 12.8. The van der Waals surface area contributed by atoms with Crippen molar-refractivity contribution in [3.63, 3.8) is 0 Å². The lowest BCUT2D eigenvalue weighted by Gasteiger charge is -2.10. The Morgan fingerprint density at radius 2 is 1.92 bits per heavy atom. The molecule has 0 saturated heterocycles. The number of esters is 1. The Morgan fingerprint density at radius 1 is 1.17 bits per heavy atom. The number of carbonyl (C=O) groups excluding carboxylic acids is 2. The first-order chi connectivity index (χ1) is 11.5. The average molecular weight is 325 g/mol. The topological polar surface area (TPSA) is 86.5 Å². The van der Waals surface area contributed by atoms with Crippen LogP contribution < -0.4 is 0 Å². The van der Waals surface area contributed by atoms with Gasteiger partial charge in [0.05, 0.1) is 22.7 Å². The van der Waals surface area contributed by atoms with Crippen molar-refractivity contribution in [1.82, 2.24) is 0 Å². The Morgan fingerprint density at radius 3 is 2.62 bits per heavy atom. The van der Waals surface area contributed by atoms with Gasteiger partial charge < -0.3 is 4.74 Å². The third-order valence-corrected chi connectivity index (χ3v) is 4.07. The van der Waals surface area contributed by atoms with Gasteiger partial charge in [0.1, 0.15) is 0 Å². The van der Waals surface area contributed by atoms with Crippen LogP contribution in [0.3, 0.4) is 0 Å². The molecular weight excluding hydrogens is 310 g/mol. The second kappa shape index (κ2) is 6.23. The van der Waals surface area contributed by atoms with Gasteiger partial charge in [0.2, 0.25) is 0 Å². The monoisotopic (exact) mass is 325 g/mol. The molecule has 0 fully saturated rings. The zero-order valence-corrected chi connectivity index (χ0v) is 13.1. The van der Waals surface area contributed by atoms with Crippen LogP contribution in [0.1, 0.15) is 39.6 Å². The molecule has 1 aliphatic rings. The summed E-state index contributed by atoms with van der Waals surface area (Å²) in [6.45, 7) is 1.92. The van der Waals surface area contributed by atoms with E-state index in [2.05, 4.69) is 0 Å². The summed E-state index contributed by atoms with van der Waals surface area (Å²) in [5.74, 6) is -0.492. The van der Waals surface area contributed by atoms with Crippen molar-refractivity contribution in [1.29, 1.82) is 0 Å². The number of hydrogen-bond acceptors (Lipinski definition) is 5. The predicted molar refractivity (Wildman–Crippen MR) is 87.1 cm³/mol. The molecule has 0 heterocycles. The van der Waals surface area contributed by atoms with Crippen LogP contribution in [-0.4, -0.2) is 23.3 Å². The Hall–Kier alpha value is -3.02. The van der Waals surface area contributed by atoms with Crippen molar-refractivity contribution >= 4 is 17.4 Å². The number of ether oxygens (including phenoxy) is 1. The van der Waals surface area contributed by atoms with Gasteiger partial charge in [-0.25, -0.2) is 4.79 Å². The number of fused-ring (bicyclic) bond motifs is 1. The lowest BCUT2D eigenvalue weighted by molar-refractivity contribution is -0.384. The van der Waals surface area contributed by atoms with Crippen LogP contribution in [0, 0.1) is 10.1 Å². The van der Waals surface area contributed by atoms with Crippen LogP contribution >= 0.6 is 0 Å². The van der Waals surface area contributed by atoms with E-state index in [1.807, 2.05) is 0 Å². The lowest BCUT2D eigenvalue weighted by atomic mass is 9.94. The predicted octanol–water partition coefficient (Wildman–Crippen LogP) is 3.57. The molecule has 3 rings (SSSR count). The minimum absolute atomic E-state index is 0.0380. The van der Waals surface area contributed by atoms with E-state index < -0.39 is 10.9 Å². The van der Waals surface area contributed by atoms with Crippen molar-refractivity contribution < 1.29 is 19.2 Å². The maximum Gasteiger partial charge on any atom is 0.338 e. The zero-order chi connectivity index (χ0) is 17.3. The van der Waals surface area contributed by atoms with E-state index in [0.717, 1.165) is 5.56 Å². The summed E-state index contributed by atoms with van der Waals surface area (Å²) in [4.78, 5) is 34.8. The summed E-state index contributed by atoms with van der Waals surface area (Å²) >= 11 is 0. The molecule has 0 radical (unpaired) electrons. The highest BCUT2D eigenvalue weighted by Gasteiger charge is 2.26. The molecule has 6 nitrogen and oxygen atoms in total. The summed E-state index contributed by atoms with van der Waals surface area (Å²) in [6.07, 6.45) is 0.947. The Bertz CT molecular complexity index is 856. The molecule has 0 N–H and O–H groups in total. The SMILES string of the molecule is CCOC(=O)c1ccc([N+](=O)[O-])c(-c2cccc3c2CCC3=O)c1. The van der Waals surface area contributed by atoms with Crippen LogP contribution in [0.15, 0.2) is 36.4 Å². The minimum Gasteiger partial charge on any atom is -0.462 e. The number of benzene rings is 2. The average Bonchev–Trinajstić information content (AvgIpc) is 2.96. The molecule has 0 aliphatic heterocycles. The highest BCUT2D eigenvalue weighted by Crippen LogP contribution is 2.37. The number of nitro benzene ring substituents is 1. The highest BCUT2D eigenvalue weighted by atomic mass is 16.6. The number of hydrogen-bond donors (Lipinski definition) is 0. The van der Waals surface area contributed by atoms with E-state index in [1.54, 1.807) is 25.1 Å². The fourth-order valence-electron chi connectivity index (χ4n) is 3.00. The van der Waals surface area contributed by atoms with E-state index in [4.69, 9.17) is 4.74 Å². The summed E-state index contributed by atoms with van der Waals surface area (Å²) in [5.41, 5.74) is 2.50. The van der Waals surface area contributed by atoms with Crippen molar-refractivity contribution in [2.24, 2.45) is 0 Å². The Balaban J connectivity index is 2.19. The van der Waals surface area contributed by atoms with Gasteiger partial charge in [0.25, 0.3) is 5.69 Å². The smallest absolute Gasteiger partial charge is 0.338 e. The largest absolute Gasteiger partial charge is 0.462 e. The second-order valence-corrected chi connectivity index (χ2v) is 5.46. The highest BCUT2D eigenvalue weighted by molar-refractivity contribution is 6.03. The molecule has 6 heteroatoms. The van der Waals surface area contributed by atoms with E-state index in [1.165, 1.54) is 18.2 Å². The molecule has 0 aromatic heterocycles. The summed E-state index contributed by atoms with van der Waals surface area (Å²) in [6, 6.07) is 9.34. The maximum atomic E-state index is 11.9. The molecule has 2 aromatic carbocycles.